The Morgan fingerprint density at radius 1 is 1.17 bits per heavy atom. The van der Waals surface area contributed by atoms with Gasteiger partial charge >= 0.3 is 5.69 Å². The molecule has 0 N–H and O–H groups in total. The van der Waals surface area contributed by atoms with E-state index in [1.807, 2.05) is 41.6 Å². The van der Waals surface area contributed by atoms with Crippen LogP contribution in [0, 0.1) is 20.8 Å². The highest BCUT2D eigenvalue weighted by Gasteiger charge is 2.43. The number of hydrogen-bond acceptors (Lipinski definition) is 5. The Balaban J connectivity index is 1.41. The second-order valence-electron chi connectivity index (χ2n) is 8.19. The average molecular weight is 392 g/mol. The summed E-state index contributed by atoms with van der Waals surface area (Å²) >= 11 is 0. The standard InChI is InChI=1S/C21H24N6O2/c1-12-8-14(3)25(21(29)23-12)7-6-20(28)26-15-4-5-17(26)16-11-22-19-9-13(2)24-27(19)18(16)10-15/h8-9,11,15,17H,4-7,10H2,1-3H3/t15-,17+/m0/s1. The van der Waals surface area contributed by atoms with Crippen molar-refractivity contribution in [1.82, 2.24) is 29.0 Å². The summed E-state index contributed by atoms with van der Waals surface area (Å²) in [6, 6.07) is 4.08. The van der Waals surface area contributed by atoms with Gasteiger partial charge in [0.2, 0.25) is 5.91 Å². The summed E-state index contributed by atoms with van der Waals surface area (Å²) < 4.78 is 3.53. The summed E-state index contributed by atoms with van der Waals surface area (Å²) in [7, 11) is 0. The molecule has 8 nitrogen and oxygen atoms in total. The van der Waals surface area contributed by atoms with Crippen molar-refractivity contribution in [2.75, 3.05) is 0 Å². The smallest absolute Gasteiger partial charge is 0.332 e. The van der Waals surface area contributed by atoms with Gasteiger partial charge in [0.1, 0.15) is 0 Å². The predicted octanol–water partition coefficient (Wildman–Crippen LogP) is 1.89. The van der Waals surface area contributed by atoms with Crippen molar-refractivity contribution in [2.45, 2.75) is 65.1 Å². The van der Waals surface area contributed by atoms with Crippen molar-refractivity contribution < 1.29 is 4.79 Å². The Morgan fingerprint density at radius 2 is 2.00 bits per heavy atom. The largest absolute Gasteiger partial charge is 0.347 e. The van der Waals surface area contributed by atoms with Crippen LogP contribution in [-0.2, 0) is 17.8 Å². The first-order valence-corrected chi connectivity index (χ1v) is 10.1. The van der Waals surface area contributed by atoms with Gasteiger partial charge < -0.3 is 4.90 Å². The Labute approximate surface area is 168 Å². The zero-order chi connectivity index (χ0) is 20.3. The van der Waals surface area contributed by atoms with E-state index in [9.17, 15) is 9.59 Å². The molecule has 5 rings (SSSR count). The predicted molar refractivity (Wildman–Crippen MR) is 107 cm³/mol. The minimum absolute atomic E-state index is 0.0478. The van der Waals surface area contributed by atoms with E-state index in [0.29, 0.717) is 18.7 Å². The molecular weight excluding hydrogens is 368 g/mol. The monoisotopic (exact) mass is 392 g/mol. The van der Waals surface area contributed by atoms with Crippen LogP contribution in [0.2, 0.25) is 0 Å². The van der Waals surface area contributed by atoms with Crippen molar-refractivity contribution in [3.05, 3.63) is 57.2 Å². The fraction of sp³-hybridized carbons (Fsp3) is 0.476. The third-order valence-electron chi connectivity index (χ3n) is 6.21. The second-order valence-corrected chi connectivity index (χ2v) is 8.19. The molecule has 3 aromatic heterocycles. The van der Waals surface area contributed by atoms with Crippen molar-refractivity contribution in [1.29, 1.82) is 0 Å². The molecule has 2 aliphatic heterocycles. The Kier molecular flexibility index (Phi) is 4.04. The van der Waals surface area contributed by atoms with Crippen LogP contribution >= 0.6 is 0 Å². The lowest BCUT2D eigenvalue weighted by molar-refractivity contribution is -0.135. The highest BCUT2D eigenvalue weighted by atomic mass is 16.2. The SMILES string of the molecule is Cc1cc(C)n(CCC(=O)N2[C@H]3CC[C@@H]2c2cnc4cc(C)nn4c2C3)c(=O)n1. The maximum atomic E-state index is 13.1. The molecule has 8 heteroatoms. The van der Waals surface area contributed by atoms with Crippen LogP contribution in [0.1, 0.15) is 53.6 Å². The number of carbonyl (C=O) groups is 1. The quantitative estimate of drug-likeness (QED) is 0.680. The van der Waals surface area contributed by atoms with Gasteiger partial charge in [0.05, 0.1) is 17.4 Å². The van der Waals surface area contributed by atoms with Crippen LogP contribution in [0.4, 0.5) is 0 Å². The Hall–Kier alpha value is -3.03. The first-order chi connectivity index (χ1) is 13.9. The highest BCUT2D eigenvalue weighted by Crippen LogP contribution is 2.43. The van der Waals surface area contributed by atoms with E-state index in [1.165, 1.54) is 5.69 Å². The van der Waals surface area contributed by atoms with Gasteiger partial charge in [0.15, 0.2) is 5.65 Å². The van der Waals surface area contributed by atoms with Crippen molar-refractivity contribution in [3.8, 4) is 0 Å². The summed E-state index contributed by atoms with van der Waals surface area (Å²) in [5.41, 5.74) is 5.34. The third-order valence-corrected chi connectivity index (χ3v) is 6.21. The van der Waals surface area contributed by atoms with E-state index >= 15 is 0 Å². The molecule has 0 spiro atoms. The van der Waals surface area contributed by atoms with E-state index in [2.05, 4.69) is 15.1 Å². The molecule has 2 bridgehead atoms. The maximum Gasteiger partial charge on any atom is 0.347 e. The van der Waals surface area contributed by atoms with E-state index in [-0.39, 0.29) is 23.7 Å². The van der Waals surface area contributed by atoms with E-state index in [0.717, 1.165) is 41.9 Å². The fourth-order valence-electron chi connectivity index (χ4n) is 4.96. The Bertz CT molecular complexity index is 1190. The summed E-state index contributed by atoms with van der Waals surface area (Å²) in [5.74, 6) is 0.0896. The van der Waals surface area contributed by atoms with E-state index in [4.69, 9.17) is 0 Å². The van der Waals surface area contributed by atoms with Crippen LogP contribution in [0.5, 0.6) is 0 Å². The molecule has 3 aromatic rings. The van der Waals surface area contributed by atoms with E-state index < -0.39 is 0 Å². The van der Waals surface area contributed by atoms with E-state index in [1.54, 1.807) is 11.5 Å². The van der Waals surface area contributed by atoms with Crippen LogP contribution in [0.15, 0.2) is 23.1 Å². The summed E-state index contributed by atoms with van der Waals surface area (Å²) in [4.78, 5) is 35.9. The van der Waals surface area contributed by atoms with Gasteiger partial charge in [-0.25, -0.2) is 14.3 Å². The van der Waals surface area contributed by atoms with Crippen LogP contribution in [0.3, 0.4) is 0 Å². The number of hydrogen-bond donors (Lipinski definition) is 0. The molecule has 5 heterocycles. The number of rotatable bonds is 3. The minimum Gasteiger partial charge on any atom is -0.332 e. The molecule has 2 atom stereocenters. The zero-order valence-electron chi connectivity index (χ0n) is 16.9. The summed E-state index contributed by atoms with van der Waals surface area (Å²) in [6.45, 7) is 6.01. The van der Waals surface area contributed by atoms with Gasteiger partial charge in [-0.3, -0.25) is 9.36 Å². The van der Waals surface area contributed by atoms with Gasteiger partial charge in [0.25, 0.3) is 0 Å². The lowest BCUT2D eigenvalue weighted by Crippen LogP contribution is -2.43. The number of carbonyl (C=O) groups excluding carboxylic acids is 1. The maximum absolute atomic E-state index is 13.1. The molecule has 150 valence electrons. The highest BCUT2D eigenvalue weighted by molar-refractivity contribution is 5.78. The lowest BCUT2D eigenvalue weighted by atomic mass is 9.98. The normalized spacial score (nSPS) is 20.3. The van der Waals surface area contributed by atoms with Gasteiger partial charge in [-0.1, -0.05) is 0 Å². The lowest BCUT2D eigenvalue weighted by Gasteiger charge is -2.36. The first-order valence-electron chi connectivity index (χ1n) is 10.1. The summed E-state index contributed by atoms with van der Waals surface area (Å²) in [5, 5.41) is 4.60. The molecule has 0 unspecified atom stereocenters. The molecule has 1 amide bonds. The van der Waals surface area contributed by atoms with Crippen LogP contribution in [0.25, 0.3) is 5.65 Å². The molecule has 1 fully saturated rings. The third kappa shape index (κ3) is 2.85. The van der Waals surface area contributed by atoms with Crippen molar-refractivity contribution >= 4 is 11.6 Å². The first kappa shape index (κ1) is 18.0. The molecule has 0 aliphatic carbocycles. The number of nitrogens with zero attached hydrogens (tertiary/aromatic N) is 6. The molecule has 0 aromatic carbocycles. The van der Waals surface area contributed by atoms with Crippen LogP contribution in [-0.4, -0.2) is 41.0 Å². The van der Waals surface area contributed by atoms with Crippen molar-refractivity contribution in [2.24, 2.45) is 0 Å². The molecule has 0 radical (unpaired) electrons. The van der Waals surface area contributed by atoms with Gasteiger partial charge in [-0.2, -0.15) is 10.1 Å². The molecule has 29 heavy (non-hydrogen) atoms. The number of aromatic nitrogens is 5. The molecule has 0 saturated carbocycles. The molecule has 1 saturated heterocycles. The summed E-state index contributed by atoms with van der Waals surface area (Å²) in [6.07, 6.45) is 4.93. The van der Waals surface area contributed by atoms with Crippen molar-refractivity contribution in [3.63, 3.8) is 0 Å². The topological polar surface area (TPSA) is 85.4 Å². The number of aryl methyl sites for hydroxylation is 3. The zero-order valence-corrected chi connectivity index (χ0v) is 16.9. The molecule has 2 aliphatic rings. The van der Waals surface area contributed by atoms with Gasteiger partial charge in [-0.05, 0) is 39.7 Å². The molecular formula is C21H24N6O2. The Morgan fingerprint density at radius 3 is 2.79 bits per heavy atom. The fourth-order valence-corrected chi connectivity index (χ4v) is 4.96. The number of amides is 1. The second kappa shape index (κ2) is 6.50. The minimum atomic E-state index is -0.289. The van der Waals surface area contributed by atoms with Gasteiger partial charge in [-0.15, -0.1) is 0 Å². The number of fused-ring (bicyclic) bond motifs is 6. The van der Waals surface area contributed by atoms with Crippen LogP contribution < -0.4 is 5.69 Å². The van der Waals surface area contributed by atoms with Gasteiger partial charge in [0, 0.05) is 54.6 Å². The average Bonchev–Trinajstić information content (AvgIpc) is 3.19.